The number of amides is 1. The van der Waals surface area contributed by atoms with Gasteiger partial charge >= 0.3 is 5.97 Å². The van der Waals surface area contributed by atoms with Crippen LogP contribution in [0.2, 0.25) is 5.02 Å². The van der Waals surface area contributed by atoms with Gasteiger partial charge in [-0.1, -0.05) is 11.6 Å². The number of esters is 1. The van der Waals surface area contributed by atoms with Gasteiger partial charge in [-0.15, -0.1) is 0 Å². The number of fused-ring (bicyclic) bond motifs is 1. The molecule has 5 rings (SSSR count). The van der Waals surface area contributed by atoms with Crippen LogP contribution in [0.25, 0.3) is 0 Å². The molecule has 39 heavy (non-hydrogen) atoms. The lowest BCUT2D eigenvalue weighted by molar-refractivity contribution is -0.116. The van der Waals surface area contributed by atoms with Crippen molar-refractivity contribution < 1.29 is 37.3 Å². The van der Waals surface area contributed by atoms with Crippen LogP contribution in [0.15, 0.2) is 42.9 Å². The monoisotopic (exact) mass is 562 g/mol. The Labute approximate surface area is 225 Å². The number of nitrogens with one attached hydrogen (secondary N) is 1. The zero-order valence-electron chi connectivity index (χ0n) is 20.3. The summed E-state index contributed by atoms with van der Waals surface area (Å²) < 4.78 is 55.1. The molecular formula is C26H22ClF3N4O5. The fourth-order valence-corrected chi connectivity index (χ4v) is 4.85. The van der Waals surface area contributed by atoms with E-state index in [1.54, 1.807) is 0 Å². The Kier molecular flexibility index (Phi) is 7.32. The first-order chi connectivity index (χ1) is 18.6. The van der Waals surface area contributed by atoms with Gasteiger partial charge in [0.2, 0.25) is 5.91 Å². The third kappa shape index (κ3) is 5.48. The highest BCUT2D eigenvalue weighted by Crippen LogP contribution is 2.37. The number of halogens is 4. The molecule has 1 amide bonds. The maximum absolute atomic E-state index is 14.7. The Hall–Kier alpha value is -3.90. The van der Waals surface area contributed by atoms with Crippen LogP contribution in [-0.4, -0.2) is 58.4 Å². The maximum atomic E-state index is 14.7. The third-order valence-electron chi connectivity index (χ3n) is 6.68. The standard InChI is InChI=1S/C26H22ClF3N4O5/c27-14-9-17(29)24(18(30)10-14)34-8-5-26(37,21(12-34)39-25(36)19-11-31-6-7-32-19)13-38-20-3-2-16(28)23-15(20)1-4-22(35)33-23/h2-3,6-7,9-11,21,37H,1,4-5,8,12-13H2,(H,33,35)/t21-,26-/m1/s1. The first-order valence-electron chi connectivity index (χ1n) is 12.0. The van der Waals surface area contributed by atoms with Crippen molar-refractivity contribution in [1.82, 2.24) is 9.97 Å². The molecule has 0 saturated carbocycles. The largest absolute Gasteiger partial charge is 0.490 e. The van der Waals surface area contributed by atoms with E-state index >= 15 is 0 Å². The van der Waals surface area contributed by atoms with Crippen molar-refractivity contribution in [3.8, 4) is 5.75 Å². The van der Waals surface area contributed by atoms with Crippen LogP contribution in [0.5, 0.6) is 5.75 Å². The van der Waals surface area contributed by atoms with Crippen molar-refractivity contribution in [1.29, 1.82) is 0 Å². The van der Waals surface area contributed by atoms with Gasteiger partial charge in [0.15, 0.2) is 23.4 Å². The molecule has 2 aliphatic rings. The molecule has 9 nitrogen and oxygen atoms in total. The molecule has 1 fully saturated rings. The minimum atomic E-state index is -1.81. The molecule has 2 aliphatic heterocycles. The van der Waals surface area contributed by atoms with E-state index in [9.17, 15) is 27.9 Å². The second-order valence-corrected chi connectivity index (χ2v) is 9.67. The first kappa shape index (κ1) is 26.7. The van der Waals surface area contributed by atoms with Crippen molar-refractivity contribution in [3.63, 3.8) is 0 Å². The molecule has 0 radical (unpaired) electrons. The molecule has 0 bridgehead atoms. The number of carbonyl (C=O) groups is 2. The van der Waals surface area contributed by atoms with Gasteiger partial charge < -0.3 is 24.8 Å². The van der Waals surface area contributed by atoms with Crippen LogP contribution >= 0.6 is 11.6 Å². The maximum Gasteiger partial charge on any atom is 0.358 e. The smallest absolute Gasteiger partial charge is 0.358 e. The summed E-state index contributed by atoms with van der Waals surface area (Å²) >= 11 is 5.76. The number of carbonyl (C=O) groups excluding carboxylic acids is 2. The molecule has 2 atom stereocenters. The fourth-order valence-electron chi connectivity index (χ4n) is 4.66. The molecule has 0 spiro atoms. The van der Waals surface area contributed by atoms with Crippen LogP contribution in [0, 0.1) is 17.5 Å². The number of hydrogen-bond donors (Lipinski definition) is 2. The number of piperidine rings is 1. The quantitative estimate of drug-likeness (QED) is 0.438. The lowest BCUT2D eigenvalue weighted by Gasteiger charge is -2.44. The van der Waals surface area contributed by atoms with Gasteiger partial charge in [-0.25, -0.2) is 22.9 Å². The molecule has 0 unspecified atom stereocenters. The number of nitrogens with zero attached hydrogens (tertiary/aromatic N) is 3. The summed E-state index contributed by atoms with van der Waals surface area (Å²) in [5.41, 5.74) is -1.90. The van der Waals surface area contributed by atoms with Crippen molar-refractivity contribution in [2.75, 3.05) is 29.9 Å². The summed E-state index contributed by atoms with van der Waals surface area (Å²) in [6, 6.07) is 4.43. The van der Waals surface area contributed by atoms with E-state index in [0.29, 0.717) is 5.56 Å². The molecule has 1 saturated heterocycles. The average molecular weight is 563 g/mol. The summed E-state index contributed by atoms with van der Waals surface area (Å²) in [6.07, 6.45) is 2.73. The minimum absolute atomic E-state index is 0.00452. The molecule has 3 aromatic rings. The zero-order valence-corrected chi connectivity index (χ0v) is 21.1. The summed E-state index contributed by atoms with van der Waals surface area (Å²) in [5.74, 6) is -3.47. The van der Waals surface area contributed by atoms with Crippen LogP contribution < -0.4 is 15.0 Å². The molecule has 1 aromatic heterocycles. The van der Waals surface area contributed by atoms with E-state index < -0.39 is 41.7 Å². The Balaban J connectivity index is 1.42. The van der Waals surface area contributed by atoms with Crippen molar-refractivity contribution in [2.24, 2.45) is 0 Å². The van der Waals surface area contributed by atoms with Crippen LogP contribution in [0.3, 0.4) is 0 Å². The number of anilines is 2. The topological polar surface area (TPSA) is 114 Å². The SMILES string of the molecule is O=C1CCc2c(OC[C@]3(O)CCN(c4c(F)cc(Cl)cc4F)C[C@H]3OC(=O)c3cnccn3)ccc(F)c2N1. The van der Waals surface area contributed by atoms with Gasteiger partial charge in [0.05, 0.1) is 18.4 Å². The Morgan fingerprint density at radius 2 is 1.95 bits per heavy atom. The van der Waals surface area contributed by atoms with Crippen LogP contribution in [0.1, 0.15) is 28.9 Å². The summed E-state index contributed by atoms with van der Waals surface area (Å²) in [7, 11) is 0. The second-order valence-electron chi connectivity index (χ2n) is 9.24. The number of ether oxygens (including phenoxy) is 2. The van der Waals surface area contributed by atoms with Crippen LogP contribution in [0.4, 0.5) is 24.5 Å². The highest BCUT2D eigenvalue weighted by Gasteiger charge is 2.46. The summed E-state index contributed by atoms with van der Waals surface area (Å²) in [4.78, 5) is 33.6. The fraction of sp³-hybridized carbons (Fsp3) is 0.308. The molecule has 13 heteroatoms. The van der Waals surface area contributed by atoms with Crippen molar-refractivity contribution in [2.45, 2.75) is 31.0 Å². The van der Waals surface area contributed by atoms with Crippen molar-refractivity contribution >= 4 is 34.9 Å². The molecule has 0 aliphatic carbocycles. The Morgan fingerprint density at radius 3 is 2.67 bits per heavy atom. The van der Waals surface area contributed by atoms with E-state index in [-0.39, 0.29) is 66.1 Å². The van der Waals surface area contributed by atoms with Gasteiger partial charge in [-0.2, -0.15) is 0 Å². The van der Waals surface area contributed by atoms with Crippen LogP contribution in [-0.2, 0) is 16.0 Å². The second kappa shape index (κ2) is 10.7. The third-order valence-corrected chi connectivity index (χ3v) is 6.90. The number of benzene rings is 2. The molecule has 2 N–H and O–H groups in total. The van der Waals surface area contributed by atoms with E-state index in [1.807, 2.05) is 0 Å². The molecule has 3 heterocycles. The number of hydrogen-bond acceptors (Lipinski definition) is 8. The Morgan fingerprint density at radius 1 is 1.18 bits per heavy atom. The molecular weight excluding hydrogens is 541 g/mol. The van der Waals surface area contributed by atoms with Gasteiger partial charge in [-0.05, 0) is 30.7 Å². The van der Waals surface area contributed by atoms with Gasteiger partial charge in [0.1, 0.15) is 29.5 Å². The number of aromatic nitrogens is 2. The van der Waals surface area contributed by atoms with E-state index in [2.05, 4.69) is 15.3 Å². The van der Waals surface area contributed by atoms with Gasteiger partial charge in [0.25, 0.3) is 0 Å². The highest BCUT2D eigenvalue weighted by molar-refractivity contribution is 6.30. The minimum Gasteiger partial charge on any atom is -0.490 e. The van der Waals surface area contributed by atoms with Gasteiger partial charge in [-0.3, -0.25) is 9.78 Å². The Bertz CT molecular complexity index is 1410. The number of aliphatic hydroxyl groups is 1. The highest BCUT2D eigenvalue weighted by atomic mass is 35.5. The van der Waals surface area contributed by atoms with Crippen molar-refractivity contribution in [3.05, 3.63) is 76.6 Å². The average Bonchev–Trinajstić information content (AvgIpc) is 2.90. The molecule has 2 aromatic carbocycles. The lowest BCUT2D eigenvalue weighted by Crippen LogP contribution is -2.60. The van der Waals surface area contributed by atoms with E-state index in [4.69, 9.17) is 21.1 Å². The predicted octanol–water partition coefficient (Wildman–Crippen LogP) is 3.68. The summed E-state index contributed by atoms with van der Waals surface area (Å²) in [6.45, 7) is -0.720. The van der Waals surface area contributed by atoms with Gasteiger partial charge in [0, 0.05) is 42.4 Å². The number of rotatable bonds is 6. The normalized spacial score (nSPS) is 20.7. The van der Waals surface area contributed by atoms with E-state index in [0.717, 1.165) is 18.2 Å². The summed E-state index contributed by atoms with van der Waals surface area (Å²) in [5, 5.41) is 14.0. The first-order valence-corrected chi connectivity index (χ1v) is 12.4. The zero-order chi connectivity index (χ0) is 27.7. The molecule has 204 valence electrons. The predicted molar refractivity (Wildman–Crippen MR) is 133 cm³/mol. The van der Waals surface area contributed by atoms with E-state index in [1.165, 1.54) is 29.6 Å². The lowest BCUT2D eigenvalue weighted by atomic mass is 9.88.